The summed E-state index contributed by atoms with van der Waals surface area (Å²) in [7, 11) is 0. The van der Waals surface area contributed by atoms with Crippen molar-refractivity contribution in [3.05, 3.63) is 23.8 Å². The maximum absolute atomic E-state index is 5.07. The van der Waals surface area contributed by atoms with Crippen LogP contribution in [0.1, 0.15) is 11.4 Å². The lowest BCUT2D eigenvalue weighted by Gasteiger charge is -1.88. The predicted octanol–water partition coefficient (Wildman–Crippen LogP) is 0.766. The molecule has 9 heavy (non-hydrogen) atoms. The van der Waals surface area contributed by atoms with Crippen LogP contribution in [0.2, 0.25) is 0 Å². The zero-order valence-electron chi connectivity index (χ0n) is 5.13. The molecule has 0 saturated heterocycles. The fraction of sp³-hybridized carbons (Fsp3) is 0.143. The summed E-state index contributed by atoms with van der Waals surface area (Å²) in [5, 5.41) is 0. The number of rotatable bonds is 0. The molecule has 0 aromatic carbocycles. The number of hydrogen-bond donors (Lipinski definition) is 0. The molecule has 0 spiro atoms. The molecule has 0 fully saturated rings. The van der Waals surface area contributed by atoms with Crippen molar-refractivity contribution in [3.63, 3.8) is 0 Å². The molecule has 1 heterocycles. The van der Waals surface area contributed by atoms with Crippen LogP contribution < -0.4 is 0 Å². The van der Waals surface area contributed by atoms with E-state index in [2.05, 4.69) is 15.9 Å². The summed E-state index contributed by atoms with van der Waals surface area (Å²) in [6.07, 6.45) is 8.30. The normalized spacial score (nSPS) is 8.44. The Kier molecular flexibility index (Phi) is 1.46. The van der Waals surface area contributed by atoms with Crippen LogP contribution in [0.4, 0.5) is 0 Å². The highest BCUT2D eigenvalue weighted by Crippen LogP contribution is 1.90. The number of terminal acetylenes is 1. The van der Waals surface area contributed by atoms with Gasteiger partial charge >= 0.3 is 0 Å². The molecular weight excluding hydrogens is 112 g/mol. The Morgan fingerprint density at radius 1 is 1.56 bits per heavy atom. The first-order valence-electron chi connectivity index (χ1n) is 2.58. The van der Waals surface area contributed by atoms with Crippen molar-refractivity contribution in [2.24, 2.45) is 0 Å². The Morgan fingerprint density at radius 2 is 2.33 bits per heavy atom. The Bertz CT molecular complexity index is 247. The molecule has 1 rings (SSSR count). The molecule has 0 bridgehead atoms. The lowest BCUT2D eigenvalue weighted by molar-refractivity contribution is 1.10. The number of nitrogens with zero attached hydrogens (tertiary/aromatic N) is 2. The van der Waals surface area contributed by atoms with Crippen LogP contribution in [0.3, 0.4) is 0 Å². The van der Waals surface area contributed by atoms with E-state index in [-0.39, 0.29) is 0 Å². The first kappa shape index (κ1) is 5.77. The third-order valence-corrected chi connectivity index (χ3v) is 0.903. The maximum atomic E-state index is 5.07. The lowest BCUT2D eigenvalue weighted by Crippen LogP contribution is -1.86. The van der Waals surface area contributed by atoms with Gasteiger partial charge in [0.1, 0.15) is 5.69 Å². The van der Waals surface area contributed by atoms with Crippen molar-refractivity contribution in [1.29, 1.82) is 0 Å². The SMILES string of the molecule is C#Cc1cncc(C)n1. The van der Waals surface area contributed by atoms with E-state index in [1.165, 1.54) is 0 Å². The number of aromatic nitrogens is 2. The summed E-state index contributed by atoms with van der Waals surface area (Å²) in [5.41, 5.74) is 1.44. The molecule has 1 aromatic rings. The Labute approximate surface area is 54.0 Å². The molecule has 0 aliphatic heterocycles. The minimum atomic E-state index is 0.593. The van der Waals surface area contributed by atoms with Crippen LogP contribution in [-0.4, -0.2) is 9.97 Å². The van der Waals surface area contributed by atoms with Gasteiger partial charge in [0, 0.05) is 6.20 Å². The Balaban J connectivity index is 3.12. The average Bonchev–Trinajstić information content (AvgIpc) is 1.88. The molecule has 0 radical (unpaired) electrons. The van der Waals surface area contributed by atoms with Gasteiger partial charge in [-0.1, -0.05) is 0 Å². The zero-order chi connectivity index (χ0) is 6.69. The summed E-state index contributed by atoms with van der Waals surface area (Å²) in [5.74, 6) is 2.39. The second-order valence-corrected chi connectivity index (χ2v) is 1.69. The van der Waals surface area contributed by atoms with Crippen LogP contribution in [-0.2, 0) is 0 Å². The monoisotopic (exact) mass is 118 g/mol. The summed E-state index contributed by atoms with van der Waals surface area (Å²) in [4.78, 5) is 7.84. The van der Waals surface area contributed by atoms with Gasteiger partial charge < -0.3 is 0 Å². The lowest BCUT2D eigenvalue weighted by atomic mass is 10.4. The molecule has 0 N–H and O–H groups in total. The maximum Gasteiger partial charge on any atom is 0.131 e. The predicted molar refractivity (Wildman–Crippen MR) is 34.7 cm³/mol. The van der Waals surface area contributed by atoms with Gasteiger partial charge in [-0.3, -0.25) is 4.98 Å². The van der Waals surface area contributed by atoms with Gasteiger partial charge in [0.05, 0.1) is 11.9 Å². The van der Waals surface area contributed by atoms with E-state index in [0.717, 1.165) is 5.69 Å². The average molecular weight is 118 g/mol. The van der Waals surface area contributed by atoms with Gasteiger partial charge in [0.15, 0.2) is 0 Å². The molecular formula is C7H6N2. The largest absolute Gasteiger partial charge is 0.260 e. The van der Waals surface area contributed by atoms with Crippen LogP contribution in [0.5, 0.6) is 0 Å². The third-order valence-electron chi connectivity index (χ3n) is 0.903. The van der Waals surface area contributed by atoms with Crippen LogP contribution in [0, 0.1) is 19.3 Å². The van der Waals surface area contributed by atoms with Crippen molar-refractivity contribution in [2.75, 3.05) is 0 Å². The molecule has 0 saturated carbocycles. The first-order valence-corrected chi connectivity index (χ1v) is 2.58. The van der Waals surface area contributed by atoms with Crippen molar-refractivity contribution in [2.45, 2.75) is 6.92 Å². The number of aryl methyl sites for hydroxylation is 1. The minimum Gasteiger partial charge on any atom is -0.260 e. The summed E-state index contributed by atoms with van der Waals surface area (Å²) < 4.78 is 0. The summed E-state index contributed by atoms with van der Waals surface area (Å²) in [6, 6.07) is 0. The van der Waals surface area contributed by atoms with Crippen molar-refractivity contribution in [3.8, 4) is 12.3 Å². The van der Waals surface area contributed by atoms with Crippen LogP contribution in [0.25, 0.3) is 0 Å². The second kappa shape index (κ2) is 2.27. The third kappa shape index (κ3) is 1.26. The van der Waals surface area contributed by atoms with E-state index in [1.807, 2.05) is 6.92 Å². The van der Waals surface area contributed by atoms with E-state index >= 15 is 0 Å². The van der Waals surface area contributed by atoms with Gasteiger partial charge in [-0.25, -0.2) is 4.98 Å². The van der Waals surface area contributed by atoms with Crippen LogP contribution >= 0.6 is 0 Å². The van der Waals surface area contributed by atoms with Crippen LogP contribution in [0.15, 0.2) is 12.4 Å². The molecule has 2 heteroatoms. The Hall–Kier alpha value is -1.36. The highest BCUT2D eigenvalue weighted by molar-refractivity contribution is 5.21. The summed E-state index contributed by atoms with van der Waals surface area (Å²) in [6.45, 7) is 1.86. The topological polar surface area (TPSA) is 25.8 Å². The molecule has 2 nitrogen and oxygen atoms in total. The van der Waals surface area contributed by atoms with Gasteiger partial charge in [-0.2, -0.15) is 0 Å². The molecule has 44 valence electrons. The van der Waals surface area contributed by atoms with E-state index in [4.69, 9.17) is 6.42 Å². The first-order chi connectivity index (χ1) is 4.33. The smallest absolute Gasteiger partial charge is 0.131 e. The van der Waals surface area contributed by atoms with Crippen molar-refractivity contribution in [1.82, 2.24) is 9.97 Å². The fourth-order valence-corrected chi connectivity index (χ4v) is 0.533. The highest BCUT2D eigenvalue weighted by atomic mass is 14.8. The molecule has 0 amide bonds. The van der Waals surface area contributed by atoms with Gasteiger partial charge in [-0.05, 0) is 12.8 Å². The second-order valence-electron chi connectivity index (χ2n) is 1.69. The zero-order valence-corrected chi connectivity index (χ0v) is 5.13. The van der Waals surface area contributed by atoms with E-state index in [9.17, 15) is 0 Å². The summed E-state index contributed by atoms with van der Waals surface area (Å²) >= 11 is 0. The van der Waals surface area contributed by atoms with Gasteiger partial charge in [-0.15, -0.1) is 6.42 Å². The highest BCUT2D eigenvalue weighted by Gasteiger charge is 1.86. The molecule has 1 aromatic heterocycles. The standard InChI is InChI=1S/C7H6N2/c1-3-7-5-8-4-6(2)9-7/h1,4-5H,2H3. The van der Waals surface area contributed by atoms with Gasteiger partial charge in [0.25, 0.3) is 0 Å². The van der Waals surface area contributed by atoms with Crippen molar-refractivity contribution >= 4 is 0 Å². The molecule has 0 aliphatic carbocycles. The Morgan fingerprint density at radius 3 is 2.78 bits per heavy atom. The van der Waals surface area contributed by atoms with Crippen molar-refractivity contribution < 1.29 is 0 Å². The molecule has 0 aliphatic rings. The number of hydrogen-bond acceptors (Lipinski definition) is 2. The van der Waals surface area contributed by atoms with Gasteiger partial charge in [0.2, 0.25) is 0 Å². The minimum absolute atomic E-state index is 0.593. The quantitative estimate of drug-likeness (QED) is 0.470. The fourth-order valence-electron chi connectivity index (χ4n) is 0.533. The van der Waals surface area contributed by atoms with E-state index in [0.29, 0.717) is 5.69 Å². The van der Waals surface area contributed by atoms with E-state index in [1.54, 1.807) is 12.4 Å². The molecule has 0 unspecified atom stereocenters. The van der Waals surface area contributed by atoms with E-state index < -0.39 is 0 Å². The molecule has 0 atom stereocenters.